The number of fused-ring (bicyclic) bond motifs is 1. The van der Waals surface area contributed by atoms with Crippen LogP contribution in [0, 0.1) is 0 Å². The molecule has 2 aromatic rings. The lowest BCUT2D eigenvalue weighted by Crippen LogP contribution is -2.21. The van der Waals surface area contributed by atoms with Gasteiger partial charge in [-0.15, -0.1) is 0 Å². The van der Waals surface area contributed by atoms with Crippen LogP contribution in [0.1, 0.15) is 38.8 Å². The van der Waals surface area contributed by atoms with E-state index in [0.29, 0.717) is 19.0 Å². The molecule has 1 amide bonds. The number of amides is 1. The predicted molar refractivity (Wildman–Crippen MR) is 72.3 cm³/mol. The summed E-state index contributed by atoms with van der Waals surface area (Å²) in [6.07, 6.45) is 2.38. The smallest absolute Gasteiger partial charge is 0.219 e. The number of nitrogens with one attached hydrogen (secondary N) is 1. The number of carbonyl (C=O) groups is 1. The lowest BCUT2D eigenvalue weighted by molar-refractivity contribution is -0.120. The van der Waals surface area contributed by atoms with Gasteiger partial charge in [-0.25, -0.2) is 4.98 Å². The van der Waals surface area contributed by atoms with Crippen LogP contribution in [0.3, 0.4) is 0 Å². The summed E-state index contributed by atoms with van der Waals surface area (Å²) in [5.41, 5.74) is 3.20. The Hall–Kier alpha value is -1.84. The number of aromatic nitrogens is 2. The minimum Gasteiger partial charge on any atom is -0.352 e. The van der Waals surface area contributed by atoms with Gasteiger partial charge in [0.1, 0.15) is 0 Å². The van der Waals surface area contributed by atoms with Crippen molar-refractivity contribution in [3.63, 3.8) is 0 Å². The van der Waals surface area contributed by atoms with Crippen molar-refractivity contribution in [3.05, 3.63) is 30.1 Å². The maximum absolute atomic E-state index is 11.2. The van der Waals surface area contributed by atoms with Crippen molar-refractivity contribution in [1.29, 1.82) is 0 Å². The van der Waals surface area contributed by atoms with Crippen LogP contribution in [0.25, 0.3) is 11.0 Å². The van der Waals surface area contributed by atoms with Gasteiger partial charge in [0.15, 0.2) is 0 Å². The van der Waals surface area contributed by atoms with E-state index in [4.69, 9.17) is 0 Å². The molecule has 0 saturated carbocycles. The Kier molecular flexibility index (Phi) is 3.65. The van der Waals surface area contributed by atoms with E-state index in [-0.39, 0.29) is 5.91 Å². The first-order chi connectivity index (χ1) is 8.61. The van der Waals surface area contributed by atoms with Crippen LogP contribution in [0.5, 0.6) is 0 Å². The fraction of sp³-hybridized carbons (Fsp3) is 0.429. The average Bonchev–Trinajstić information content (AvgIpc) is 2.78. The number of carbonyl (C=O) groups excluding carboxylic acids is 1. The van der Waals surface area contributed by atoms with Crippen LogP contribution in [-0.2, 0) is 11.3 Å². The van der Waals surface area contributed by atoms with E-state index in [0.717, 1.165) is 16.6 Å². The van der Waals surface area contributed by atoms with Gasteiger partial charge in [0, 0.05) is 19.0 Å². The van der Waals surface area contributed by atoms with E-state index in [2.05, 4.69) is 34.8 Å². The molecule has 4 nitrogen and oxygen atoms in total. The molecule has 4 heteroatoms. The SMILES string of the molecule is CCC(=O)NCc1ccc2c(c1)ncn2C(C)C. The van der Waals surface area contributed by atoms with E-state index in [1.807, 2.05) is 25.4 Å². The van der Waals surface area contributed by atoms with Crippen LogP contribution in [0.15, 0.2) is 24.5 Å². The summed E-state index contributed by atoms with van der Waals surface area (Å²) in [4.78, 5) is 15.6. The lowest BCUT2D eigenvalue weighted by atomic mass is 10.2. The molecule has 0 unspecified atom stereocenters. The van der Waals surface area contributed by atoms with Gasteiger partial charge in [-0.3, -0.25) is 4.79 Å². The molecule has 0 radical (unpaired) electrons. The molecule has 0 aliphatic rings. The number of imidazole rings is 1. The summed E-state index contributed by atoms with van der Waals surface area (Å²) in [5.74, 6) is 0.0720. The summed E-state index contributed by atoms with van der Waals surface area (Å²) in [7, 11) is 0. The minimum absolute atomic E-state index is 0.0720. The van der Waals surface area contributed by atoms with Gasteiger partial charge in [0.05, 0.1) is 17.4 Å². The molecule has 1 aromatic heterocycles. The first kappa shape index (κ1) is 12.6. The topological polar surface area (TPSA) is 46.9 Å². The number of hydrogen-bond donors (Lipinski definition) is 1. The monoisotopic (exact) mass is 245 g/mol. The predicted octanol–water partition coefficient (Wildman–Crippen LogP) is 2.64. The zero-order valence-electron chi connectivity index (χ0n) is 11.1. The van der Waals surface area contributed by atoms with Crippen LogP contribution in [-0.4, -0.2) is 15.5 Å². The highest BCUT2D eigenvalue weighted by Gasteiger charge is 2.06. The standard InChI is InChI=1S/C14H19N3O/c1-4-14(18)15-8-11-5-6-13-12(7-11)16-9-17(13)10(2)3/h5-7,9-10H,4,8H2,1-3H3,(H,15,18). The molecule has 0 spiro atoms. The summed E-state index contributed by atoms with van der Waals surface area (Å²) in [5, 5.41) is 2.87. The molecule has 0 saturated heterocycles. The second kappa shape index (κ2) is 5.21. The highest BCUT2D eigenvalue weighted by atomic mass is 16.1. The number of hydrogen-bond acceptors (Lipinski definition) is 2. The van der Waals surface area contributed by atoms with E-state index >= 15 is 0 Å². The molecule has 1 heterocycles. The van der Waals surface area contributed by atoms with Crippen molar-refractivity contribution in [2.75, 3.05) is 0 Å². The van der Waals surface area contributed by atoms with Gasteiger partial charge in [0.2, 0.25) is 5.91 Å². The highest BCUT2D eigenvalue weighted by Crippen LogP contribution is 2.18. The zero-order chi connectivity index (χ0) is 13.1. The van der Waals surface area contributed by atoms with Gasteiger partial charge in [-0.2, -0.15) is 0 Å². The fourth-order valence-electron chi connectivity index (χ4n) is 1.92. The van der Waals surface area contributed by atoms with E-state index < -0.39 is 0 Å². The van der Waals surface area contributed by atoms with Gasteiger partial charge in [-0.1, -0.05) is 13.0 Å². The number of nitrogens with zero attached hydrogens (tertiary/aromatic N) is 2. The fourth-order valence-corrected chi connectivity index (χ4v) is 1.92. The molecular formula is C14H19N3O. The second-order valence-electron chi connectivity index (χ2n) is 4.70. The van der Waals surface area contributed by atoms with E-state index in [9.17, 15) is 4.79 Å². The molecule has 1 aromatic carbocycles. The maximum Gasteiger partial charge on any atom is 0.219 e. The highest BCUT2D eigenvalue weighted by molar-refractivity contribution is 5.77. The molecule has 0 aliphatic carbocycles. The first-order valence-electron chi connectivity index (χ1n) is 6.34. The van der Waals surface area contributed by atoms with E-state index in [1.165, 1.54) is 0 Å². The average molecular weight is 245 g/mol. The molecule has 96 valence electrons. The Bertz CT molecular complexity index is 557. The molecule has 0 fully saturated rings. The lowest BCUT2D eigenvalue weighted by Gasteiger charge is -2.08. The summed E-state index contributed by atoms with van der Waals surface area (Å²) in [6.45, 7) is 6.69. The molecular weight excluding hydrogens is 226 g/mol. The number of benzene rings is 1. The van der Waals surface area contributed by atoms with Gasteiger partial charge in [0.25, 0.3) is 0 Å². The molecule has 2 rings (SSSR count). The number of rotatable bonds is 4. The molecule has 1 N–H and O–H groups in total. The molecule has 0 bridgehead atoms. The zero-order valence-corrected chi connectivity index (χ0v) is 11.1. The van der Waals surface area contributed by atoms with Crippen molar-refractivity contribution >= 4 is 16.9 Å². The van der Waals surface area contributed by atoms with Crippen LogP contribution >= 0.6 is 0 Å². The van der Waals surface area contributed by atoms with Crippen molar-refractivity contribution in [2.45, 2.75) is 39.8 Å². The van der Waals surface area contributed by atoms with Crippen molar-refractivity contribution in [1.82, 2.24) is 14.9 Å². The largest absolute Gasteiger partial charge is 0.352 e. The molecule has 18 heavy (non-hydrogen) atoms. The Morgan fingerprint density at radius 3 is 2.89 bits per heavy atom. The second-order valence-corrected chi connectivity index (χ2v) is 4.70. The summed E-state index contributed by atoms with van der Waals surface area (Å²) >= 11 is 0. The van der Waals surface area contributed by atoms with Crippen molar-refractivity contribution in [2.24, 2.45) is 0 Å². The van der Waals surface area contributed by atoms with Gasteiger partial charge >= 0.3 is 0 Å². The Labute approximate surface area is 107 Å². The first-order valence-corrected chi connectivity index (χ1v) is 6.34. The Morgan fingerprint density at radius 1 is 1.44 bits per heavy atom. The Balaban J connectivity index is 2.21. The summed E-state index contributed by atoms with van der Waals surface area (Å²) in [6, 6.07) is 6.54. The van der Waals surface area contributed by atoms with Gasteiger partial charge in [-0.05, 0) is 31.5 Å². The Morgan fingerprint density at radius 2 is 2.22 bits per heavy atom. The van der Waals surface area contributed by atoms with Gasteiger partial charge < -0.3 is 9.88 Å². The van der Waals surface area contributed by atoms with Crippen LogP contribution in [0.2, 0.25) is 0 Å². The van der Waals surface area contributed by atoms with Crippen molar-refractivity contribution < 1.29 is 4.79 Å². The maximum atomic E-state index is 11.2. The third-order valence-electron chi connectivity index (χ3n) is 3.01. The summed E-state index contributed by atoms with van der Waals surface area (Å²) < 4.78 is 2.14. The minimum atomic E-state index is 0.0720. The van der Waals surface area contributed by atoms with E-state index in [1.54, 1.807) is 0 Å². The van der Waals surface area contributed by atoms with Crippen LogP contribution in [0.4, 0.5) is 0 Å². The third-order valence-corrected chi connectivity index (χ3v) is 3.01. The normalized spacial score (nSPS) is 11.1. The third kappa shape index (κ3) is 2.53. The van der Waals surface area contributed by atoms with Crippen molar-refractivity contribution in [3.8, 4) is 0 Å². The quantitative estimate of drug-likeness (QED) is 0.900. The molecule has 0 atom stereocenters. The molecule has 0 aliphatic heterocycles. The van der Waals surface area contributed by atoms with Crippen LogP contribution < -0.4 is 5.32 Å².